The first-order valence-electron chi connectivity index (χ1n) is 14.3. The number of hydrogen-bond acceptors (Lipinski definition) is 9. The number of amides is 1. The van der Waals surface area contributed by atoms with Gasteiger partial charge in [-0.2, -0.15) is 0 Å². The molecular weight excluding hydrogens is 534 g/mol. The van der Waals surface area contributed by atoms with Crippen LogP contribution in [-0.4, -0.2) is 70.2 Å². The summed E-state index contributed by atoms with van der Waals surface area (Å²) in [5.41, 5.74) is 3.41. The molecule has 1 aliphatic carbocycles. The molecule has 6 rings (SSSR count). The second-order valence-electron chi connectivity index (χ2n) is 11.1. The molecule has 0 unspecified atom stereocenters. The van der Waals surface area contributed by atoms with Gasteiger partial charge in [-0.3, -0.25) is 14.6 Å². The Morgan fingerprint density at radius 2 is 1.83 bits per heavy atom. The van der Waals surface area contributed by atoms with E-state index in [0.29, 0.717) is 52.1 Å². The Morgan fingerprint density at radius 1 is 1.07 bits per heavy atom. The van der Waals surface area contributed by atoms with E-state index in [1.54, 1.807) is 50.9 Å². The molecule has 218 valence electrons. The van der Waals surface area contributed by atoms with Gasteiger partial charge in [0.2, 0.25) is 5.95 Å². The van der Waals surface area contributed by atoms with Crippen LogP contribution in [0.25, 0.3) is 22.2 Å². The van der Waals surface area contributed by atoms with E-state index in [2.05, 4.69) is 32.5 Å². The monoisotopic (exact) mass is 569 g/mol. The van der Waals surface area contributed by atoms with Crippen molar-refractivity contribution in [2.75, 3.05) is 39.2 Å². The molecular formula is C31H35N7O4. The zero-order chi connectivity index (χ0) is 29.2. The number of aryl methyl sites for hydroxylation is 1. The summed E-state index contributed by atoms with van der Waals surface area (Å²) in [6, 6.07) is 9.09. The molecule has 4 aromatic rings. The first-order chi connectivity index (χ1) is 20.4. The van der Waals surface area contributed by atoms with E-state index in [9.17, 15) is 9.59 Å². The van der Waals surface area contributed by atoms with E-state index < -0.39 is 0 Å². The van der Waals surface area contributed by atoms with Crippen molar-refractivity contribution in [2.45, 2.75) is 31.7 Å². The van der Waals surface area contributed by atoms with Crippen LogP contribution >= 0.6 is 0 Å². The maximum atomic E-state index is 13.4. The van der Waals surface area contributed by atoms with Crippen molar-refractivity contribution >= 4 is 28.6 Å². The number of carbonyl (C=O) groups excluding carboxylic acids is 1. The topological polar surface area (TPSA) is 124 Å². The zero-order valence-electron chi connectivity index (χ0n) is 24.1. The molecule has 2 fully saturated rings. The van der Waals surface area contributed by atoms with Crippen molar-refractivity contribution < 1.29 is 14.3 Å². The summed E-state index contributed by atoms with van der Waals surface area (Å²) in [5.74, 6) is 1.41. The normalized spacial score (nSPS) is 15.9. The van der Waals surface area contributed by atoms with Gasteiger partial charge in [-0.1, -0.05) is 0 Å². The number of ether oxygens (including phenoxy) is 2. The SMILES string of the molecule is COc1cc(C(=O)NC2CCN(C)CC2)ccc1Nc1ncc2c(n1)c(-c1ccncc1)c(OCC1CC1)c(=O)n2C. The average molecular weight is 570 g/mol. The van der Waals surface area contributed by atoms with Gasteiger partial charge in [0, 0.05) is 31.0 Å². The third-order valence-electron chi connectivity index (χ3n) is 7.99. The quantitative estimate of drug-likeness (QED) is 0.310. The van der Waals surface area contributed by atoms with Crippen LogP contribution in [0.15, 0.2) is 53.7 Å². The third-order valence-corrected chi connectivity index (χ3v) is 7.99. The number of pyridine rings is 2. The molecule has 1 saturated carbocycles. The molecule has 2 N–H and O–H groups in total. The minimum absolute atomic E-state index is 0.127. The summed E-state index contributed by atoms with van der Waals surface area (Å²) >= 11 is 0. The highest BCUT2D eigenvalue weighted by atomic mass is 16.5. The van der Waals surface area contributed by atoms with Crippen LogP contribution in [0.4, 0.5) is 11.6 Å². The highest BCUT2D eigenvalue weighted by molar-refractivity contribution is 5.96. The molecule has 0 bridgehead atoms. The maximum absolute atomic E-state index is 13.4. The number of benzene rings is 1. The van der Waals surface area contributed by atoms with E-state index in [4.69, 9.17) is 14.5 Å². The number of likely N-dealkylation sites (tertiary alicyclic amines) is 1. The van der Waals surface area contributed by atoms with Gasteiger partial charge in [-0.15, -0.1) is 0 Å². The van der Waals surface area contributed by atoms with E-state index in [1.807, 2.05) is 12.1 Å². The molecule has 4 heterocycles. The zero-order valence-corrected chi connectivity index (χ0v) is 24.1. The fourth-order valence-corrected chi connectivity index (χ4v) is 5.23. The van der Waals surface area contributed by atoms with Crippen molar-refractivity contribution in [3.05, 3.63) is 64.8 Å². The Balaban J connectivity index is 1.32. The second kappa shape index (κ2) is 11.8. The van der Waals surface area contributed by atoms with Crippen LogP contribution in [0.5, 0.6) is 11.5 Å². The average Bonchev–Trinajstić information content (AvgIpc) is 3.84. The highest BCUT2D eigenvalue weighted by Gasteiger charge is 2.26. The van der Waals surface area contributed by atoms with E-state index in [0.717, 1.165) is 44.3 Å². The minimum atomic E-state index is -0.241. The first kappa shape index (κ1) is 27.6. The van der Waals surface area contributed by atoms with E-state index in [1.165, 1.54) is 4.57 Å². The highest BCUT2D eigenvalue weighted by Crippen LogP contribution is 2.36. The summed E-state index contributed by atoms with van der Waals surface area (Å²) < 4.78 is 13.3. The Hall–Kier alpha value is -4.51. The molecule has 0 atom stereocenters. The molecule has 0 spiro atoms. The van der Waals surface area contributed by atoms with Crippen molar-refractivity contribution in [3.63, 3.8) is 0 Å². The molecule has 11 nitrogen and oxygen atoms in total. The predicted molar refractivity (Wildman–Crippen MR) is 160 cm³/mol. The summed E-state index contributed by atoms with van der Waals surface area (Å²) in [5, 5.41) is 6.38. The van der Waals surface area contributed by atoms with Crippen molar-refractivity contribution in [3.8, 4) is 22.6 Å². The van der Waals surface area contributed by atoms with Gasteiger partial charge in [0.05, 0.1) is 36.7 Å². The van der Waals surface area contributed by atoms with Crippen LogP contribution in [0.1, 0.15) is 36.0 Å². The van der Waals surface area contributed by atoms with Gasteiger partial charge in [-0.25, -0.2) is 9.97 Å². The van der Waals surface area contributed by atoms with Crippen LogP contribution in [0.3, 0.4) is 0 Å². The van der Waals surface area contributed by atoms with Gasteiger partial charge in [0.1, 0.15) is 11.3 Å². The summed E-state index contributed by atoms with van der Waals surface area (Å²) in [4.78, 5) is 42.1. The third kappa shape index (κ3) is 5.78. The number of anilines is 2. The number of hydrogen-bond donors (Lipinski definition) is 2. The second-order valence-corrected chi connectivity index (χ2v) is 11.1. The predicted octanol–water partition coefficient (Wildman–Crippen LogP) is 3.76. The standard InChI is InChI=1S/C31H35N7O4/c1-37-14-10-22(11-15-37)34-29(39)21-6-7-23(25(16-21)41-3)35-31-33-17-24-27(36-31)26(20-8-12-32-13-9-20)28(30(40)38(24)2)42-18-19-4-5-19/h6-9,12-13,16-17,19,22H,4-5,10-11,14-15,18H2,1-3H3,(H,34,39)(H,33,35,36). The van der Waals surface area contributed by atoms with Crippen molar-refractivity contribution in [2.24, 2.45) is 13.0 Å². The molecule has 42 heavy (non-hydrogen) atoms. The number of rotatable bonds is 9. The summed E-state index contributed by atoms with van der Waals surface area (Å²) in [7, 11) is 5.35. The lowest BCUT2D eigenvalue weighted by molar-refractivity contribution is 0.0916. The van der Waals surface area contributed by atoms with Gasteiger partial charge in [0.15, 0.2) is 5.75 Å². The van der Waals surface area contributed by atoms with Crippen LogP contribution in [0, 0.1) is 5.92 Å². The molecule has 2 aliphatic rings. The molecule has 1 aromatic carbocycles. The van der Waals surface area contributed by atoms with Gasteiger partial charge in [-0.05, 0) is 87.6 Å². The number of fused-ring (bicyclic) bond motifs is 1. The molecule has 1 saturated heterocycles. The Morgan fingerprint density at radius 3 is 2.55 bits per heavy atom. The number of nitrogens with one attached hydrogen (secondary N) is 2. The van der Waals surface area contributed by atoms with E-state index >= 15 is 0 Å². The molecule has 3 aromatic heterocycles. The fraction of sp³-hybridized carbons (Fsp3) is 0.387. The minimum Gasteiger partial charge on any atom is -0.495 e. The van der Waals surface area contributed by atoms with Gasteiger partial charge in [0.25, 0.3) is 11.5 Å². The van der Waals surface area contributed by atoms with Crippen LogP contribution in [0.2, 0.25) is 0 Å². The molecule has 1 amide bonds. The lowest BCUT2D eigenvalue weighted by Crippen LogP contribution is -2.43. The smallest absolute Gasteiger partial charge is 0.293 e. The summed E-state index contributed by atoms with van der Waals surface area (Å²) in [6.45, 7) is 2.42. The fourth-order valence-electron chi connectivity index (χ4n) is 5.23. The first-order valence-corrected chi connectivity index (χ1v) is 14.3. The number of methoxy groups -OCH3 is 1. The number of carbonyl (C=O) groups is 1. The van der Waals surface area contributed by atoms with Gasteiger partial charge >= 0.3 is 0 Å². The lowest BCUT2D eigenvalue weighted by atomic mass is 10.0. The number of aromatic nitrogens is 4. The van der Waals surface area contributed by atoms with Crippen molar-refractivity contribution in [1.29, 1.82) is 0 Å². The Bertz CT molecular complexity index is 1660. The number of nitrogens with zero attached hydrogens (tertiary/aromatic N) is 5. The van der Waals surface area contributed by atoms with Crippen molar-refractivity contribution in [1.82, 2.24) is 29.7 Å². The Labute approximate surface area is 243 Å². The maximum Gasteiger partial charge on any atom is 0.293 e. The molecule has 1 aliphatic heterocycles. The largest absolute Gasteiger partial charge is 0.495 e. The number of piperidine rings is 1. The van der Waals surface area contributed by atoms with Gasteiger partial charge < -0.3 is 29.6 Å². The Kier molecular flexibility index (Phi) is 7.75. The summed E-state index contributed by atoms with van der Waals surface area (Å²) in [6.07, 6.45) is 9.05. The molecule has 0 radical (unpaired) electrons. The van der Waals surface area contributed by atoms with Crippen LogP contribution < -0.4 is 25.7 Å². The van der Waals surface area contributed by atoms with Crippen LogP contribution in [-0.2, 0) is 7.05 Å². The van der Waals surface area contributed by atoms with E-state index in [-0.39, 0.29) is 23.3 Å². The molecule has 11 heteroatoms. The lowest BCUT2D eigenvalue weighted by Gasteiger charge is -2.29.